The first-order valence-corrected chi connectivity index (χ1v) is 5.57. The zero-order chi connectivity index (χ0) is 11.4. The number of nitrogens with zero attached hydrogens (tertiary/aromatic N) is 1. The summed E-state index contributed by atoms with van der Waals surface area (Å²) in [6.45, 7) is 0.705. The van der Waals surface area contributed by atoms with Gasteiger partial charge < -0.3 is 10.2 Å². The molecular formula is C10H12Cl2N2S. The topological polar surface area (TPSA) is 15.3 Å². The zero-order valence-electron chi connectivity index (χ0n) is 8.55. The third-order valence-corrected chi connectivity index (χ3v) is 3.22. The van der Waals surface area contributed by atoms with E-state index in [0.29, 0.717) is 21.7 Å². The molecule has 0 saturated heterocycles. The van der Waals surface area contributed by atoms with Crippen LogP contribution in [-0.2, 0) is 6.54 Å². The molecule has 0 unspecified atom stereocenters. The molecule has 1 aromatic carbocycles. The lowest BCUT2D eigenvalue weighted by atomic mass is 10.2. The lowest BCUT2D eigenvalue weighted by molar-refractivity contribution is 0.495. The standard InChI is InChI=1S/C10H12Cl2N2S/c1-13-10(15)14(2)6-7-3-4-8(11)9(12)5-7/h3-5H,6H2,1-2H3,(H,13,15). The molecule has 2 nitrogen and oxygen atoms in total. The van der Waals surface area contributed by atoms with Crippen LogP contribution in [0.15, 0.2) is 18.2 Å². The number of nitrogens with one attached hydrogen (secondary N) is 1. The molecule has 5 heteroatoms. The van der Waals surface area contributed by atoms with Gasteiger partial charge in [0.2, 0.25) is 0 Å². The minimum absolute atomic E-state index is 0.568. The highest BCUT2D eigenvalue weighted by molar-refractivity contribution is 7.80. The van der Waals surface area contributed by atoms with Gasteiger partial charge in [-0.25, -0.2) is 0 Å². The molecule has 1 rings (SSSR count). The summed E-state index contributed by atoms with van der Waals surface area (Å²) in [4.78, 5) is 1.93. The van der Waals surface area contributed by atoms with Gasteiger partial charge in [0.1, 0.15) is 0 Å². The number of hydrogen-bond donors (Lipinski definition) is 1. The quantitative estimate of drug-likeness (QED) is 0.826. The van der Waals surface area contributed by atoms with Crippen molar-refractivity contribution < 1.29 is 0 Å². The van der Waals surface area contributed by atoms with Gasteiger partial charge in [0.25, 0.3) is 0 Å². The van der Waals surface area contributed by atoms with Crippen LogP contribution in [0.2, 0.25) is 10.0 Å². The van der Waals surface area contributed by atoms with E-state index in [0.717, 1.165) is 5.56 Å². The summed E-state index contributed by atoms with van der Waals surface area (Å²) >= 11 is 16.8. The number of thiocarbonyl (C=S) groups is 1. The van der Waals surface area contributed by atoms with E-state index in [-0.39, 0.29) is 0 Å². The van der Waals surface area contributed by atoms with Gasteiger partial charge in [-0.15, -0.1) is 0 Å². The van der Waals surface area contributed by atoms with Crippen molar-refractivity contribution in [2.75, 3.05) is 14.1 Å². The molecule has 1 N–H and O–H groups in total. The molecule has 15 heavy (non-hydrogen) atoms. The molecule has 0 atom stereocenters. The van der Waals surface area contributed by atoms with Gasteiger partial charge in [-0.05, 0) is 29.9 Å². The van der Waals surface area contributed by atoms with E-state index in [1.807, 2.05) is 24.1 Å². The molecule has 0 aliphatic heterocycles. The Morgan fingerprint density at radius 1 is 1.40 bits per heavy atom. The predicted octanol–water partition coefficient (Wildman–Crippen LogP) is 2.93. The Hall–Kier alpha value is -0.510. The Morgan fingerprint density at radius 2 is 2.07 bits per heavy atom. The average molecular weight is 263 g/mol. The van der Waals surface area contributed by atoms with Crippen LogP contribution in [0.3, 0.4) is 0 Å². The Kier molecular flexibility index (Phi) is 4.64. The summed E-state index contributed by atoms with van der Waals surface area (Å²) < 4.78 is 0. The monoisotopic (exact) mass is 262 g/mol. The molecule has 0 amide bonds. The molecule has 0 spiro atoms. The fraction of sp³-hybridized carbons (Fsp3) is 0.300. The van der Waals surface area contributed by atoms with Crippen molar-refractivity contribution >= 4 is 40.5 Å². The maximum atomic E-state index is 5.91. The van der Waals surface area contributed by atoms with Crippen LogP contribution in [0.5, 0.6) is 0 Å². The van der Waals surface area contributed by atoms with E-state index in [1.165, 1.54) is 0 Å². The van der Waals surface area contributed by atoms with Crippen molar-refractivity contribution in [1.29, 1.82) is 0 Å². The Labute approximate surface area is 105 Å². The summed E-state index contributed by atoms with van der Waals surface area (Å²) in [6.07, 6.45) is 0. The highest BCUT2D eigenvalue weighted by Gasteiger charge is 2.04. The summed E-state index contributed by atoms with van der Waals surface area (Å²) in [5, 5.41) is 4.74. The minimum Gasteiger partial charge on any atom is -0.366 e. The van der Waals surface area contributed by atoms with Crippen molar-refractivity contribution in [3.05, 3.63) is 33.8 Å². The van der Waals surface area contributed by atoms with Crippen LogP contribution in [0.1, 0.15) is 5.56 Å². The van der Waals surface area contributed by atoms with E-state index in [1.54, 1.807) is 13.1 Å². The van der Waals surface area contributed by atoms with Gasteiger partial charge in [0.05, 0.1) is 10.0 Å². The lowest BCUT2D eigenvalue weighted by Gasteiger charge is -2.19. The third kappa shape index (κ3) is 3.52. The fourth-order valence-corrected chi connectivity index (χ4v) is 1.56. The molecular weight excluding hydrogens is 251 g/mol. The first-order chi connectivity index (χ1) is 7.04. The molecule has 0 bridgehead atoms. The van der Waals surface area contributed by atoms with Crippen molar-refractivity contribution in [3.63, 3.8) is 0 Å². The maximum absolute atomic E-state index is 5.91. The SMILES string of the molecule is CNC(=S)N(C)Cc1ccc(Cl)c(Cl)c1. The molecule has 0 aliphatic carbocycles. The van der Waals surface area contributed by atoms with Crippen molar-refractivity contribution in [1.82, 2.24) is 10.2 Å². The molecule has 0 fully saturated rings. The summed E-state index contributed by atoms with van der Waals surface area (Å²) in [5.74, 6) is 0. The summed E-state index contributed by atoms with van der Waals surface area (Å²) in [7, 11) is 3.72. The van der Waals surface area contributed by atoms with Gasteiger partial charge in [-0.2, -0.15) is 0 Å². The number of halogens is 2. The van der Waals surface area contributed by atoms with Crippen LogP contribution in [-0.4, -0.2) is 24.1 Å². The van der Waals surface area contributed by atoms with Gasteiger partial charge in [-0.3, -0.25) is 0 Å². The first kappa shape index (κ1) is 12.6. The van der Waals surface area contributed by atoms with Crippen LogP contribution in [0, 0.1) is 0 Å². The first-order valence-electron chi connectivity index (χ1n) is 4.41. The highest BCUT2D eigenvalue weighted by Crippen LogP contribution is 2.23. The Morgan fingerprint density at radius 3 is 2.60 bits per heavy atom. The number of hydrogen-bond acceptors (Lipinski definition) is 1. The molecule has 82 valence electrons. The van der Waals surface area contributed by atoms with E-state index in [9.17, 15) is 0 Å². The highest BCUT2D eigenvalue weighted by atomic mass is 35.5. The van der Waals surface area contributed by atoms with Crippen LogP contribution in [0.4, 0.5) is 0 Å². The third-order valence-electron chi connectivity index (χ3n) is 1.96. The molecule has 0 aromatic heterocycles. The van der Waals surface area contributed by atoms with Gasteiger partial charge in [0.15, 0.2) is 5.11 Å². The molecule has 0 aliphatic rings. The van der Waals surface area contributed by atoms with Gasteiger partial charge in [-0.1, -0.05) is 29.3 Å². The minimum atomic E-state index is 0.568. The predicted molar refractivity (Wildman–Crippen MR) is 69.6 cm³/mol. The summed E-state index contributed by atoms with van der Waals surface area (Å²) in [6, 6.07) is 5.57. The lowest BCUT2D eigenvalue weighted by Crippen LogP contribution is -2.33. The van der Waals surface area contributed by atoms with Gasteiger partial charge in [0, 0.05) is 20.6 Å². The second-order valence-corrected chi connectivity index (χ2v) is 4.36. The Balaban J connectivity index is 2.73. The van der Waals surface area contributed by atoms with Crippen LogP contribution in [0.25, 0.3) is 0 Å². The largest absolute Gasteiger partial charge is 0.366 e. The van der Waals surface area contributed by atoms with E-state index < -0.39 is 0 Å². The number of rotatable bonds is 2. The normalized spacial score (nSPS) is 9.87. The Bertz CT molecular complexity index is 368. The van der Waals surface area contributed by atoms with Crippen LogP contribution >= 0.6 is 35.4 Å². The molecule has 0 radical (unpaired) electrons. The van der Waals surface area contributed by atoms with E-state index in [2.05, 4.69) is 5.32 Å². The summed E-state index contributed by atoms with van der Waals surface area (Å²) in [5.41, 5.74) is 1.07. The van der Waals surface area contributed by atoms with Crippen molar-refractivity contribution in [3.8, 4) is 0 Å². The molecule has 0 saturated carbocycles. The molecule has 0 heterocycles. The van der Waals surface area contributed by atoms with E-state index >= 15 is 0 Å². The smallest absolute Gasteiger partial charge is 0.168 e. The van der Waals surface area contributed by atoms with Gasteiger partial charge >= 0.3 is 0 Å². The fourth-order valence-electron chi connectivity index (χ4n) is 1.17. The second kappa shape index (κ2) is 5.54. The molecule has 1 aromatic rings. The van der Waals surface area contributed by atoms with Crippen molar-refractivity contribution in [2.24, 2.45) is 0 Å². The van der Waals surface area contributed by atoms with E-state index in [4.69, 9.17) is 35.4 Å². The zero-order valence-corrected chi connectivity index (χ0v) is 10.9. The second-order valence-electron chi connectivity index (χ2n) is 3.16. The van der Waals surface area contributed by atoms with Crippen LogP contribution < -0.4 is 5.32 Å². The average Bonchev–Trinajstić information content (AvgIpc) is 2.22. The number of benzene rings is 1. The van der Waals surface area contributed by atoms with Crippen molar-refractivity contribution in [2.45, 2.75) is 6.54 Å². The maximum Gasteiger partial charge on any atom is 0.168 e.